The Hall–Kier alpha value is -0.120. The van der Waals surface area contributed by atoms with Crippen molar-refractivity contribution >= 4 is 0 Å². The molecule has 0 bridgehead atoms. The SMILES string of the molecule is CO[C@]1(C)C[C@H](C(C)C)O[C@@H](C)[C@]12CO2. The average molecular weight is 214 g/mol. The Balaban J connectivity index is 2.20. The van der Waals surface area contributed by atoms with Gasteiger partial charge >= 0.3 is 0 Å². The predicted molar refractivity (Wildman–Crippen MR) is 57.9 cm³/mol. The van der Waals surface area contributed by atoms with E-state index in [1.165, 1.54) is 0 Å². The van der Waals surface area contributed by atoms with E-state index in [1.54, 1.807) is 7.11 Å². The number of hydrogen-bond acceptors (Lipinski definition) is 3. The minimum absolute atomic E-state index is 0.128. The Morgan fingerprint density at radius 1 is 1.40 bits per heavy atom. The molecule has 2 heterocycles. The smallest absolute Gasteiger partial charge is 0.146 e. The molecule has 1 spiro atoms. The van der Waals surface area contributed by atoms with Crippen LogP contribution in [0.2, 0.25) is 0 Å². The summed E-state index contributed by atoms with van der Waals surface area (Å²) in [5.41, 5.74) is -0.382. The Morgan fingerprint density at radius 3 is 2.40 bits per heavy atom. The zero-order valence-corrected chi connectivity index (χ0v) is 10.4. The van der Waals surface area contributed by atoms with Crippen LogP contribution in [0.15, 0.2) is 0 Å². The van der Waals surface area contributed by atoms with Crippen molar-refractivity contribution in [2.75, 3.05) is 13.7 Å². The van der Waals surface area contributed by atoms with Crippen LogP contribution in [0.5, 0.6) is 0 Å². The molecule has 2 rings (SSSR count). The Bertz CT molecular complexity index is 247. The number of rotatable bonds is 2. The molecule has 2 aliphatic heterocycles. The fraction of sp³-hybridized carbons (Fsp3) is 1.00. The third-order valence-electron chi connectivity index (χ3n) is 4.17. The number of methoxy groups -OCH3 is 1. The van der Waals surface area contributed by atoms with Gasteiger partial charge in [-0.05, 0) is 19.8 Å². The van der Waals surface area contributed by atoms with Gasteiger partial charge in [0.05, 0.1) is 18.8 Å². The lowest BCUT2D eigenvalue weighted by atomic mass is 9.76. The second kappa shape index (κ2) is 3.44. The van der Waals surface area contributed by atoms with E-state index in [0.717, 1.165) is 13.0 Å². The fourth-order valence-electron chi connectivity index (χ4n) is 2.67. The lowest BCUT2D eigenvalue weighted by molar-refractivity contribution is -0.203. The molecule has 2 fully saturated rings. The van der Waals surface area contributed by atoms with E-state index in [9.17, 15) is 0 Å². The first kappa shape index (κ1) is 11.4. The molecule has 2 aliphatic rings. The van der Waals surface area contributed by atoms with Crippen LogP contribution < -0.4 is 0 Å². The summed E-state index contributed by atoms with van der Waals surface area (Å²) in [7, 11) is 1.78. The summed E-state index contributed by atoms with van der Waals surface area (Å²) in [6, 6.07) is 0. The van der Waals surface area contributed by atoms with Gasteiger partial charge in [-0.1, -0.05) is 13.8 Å². The molecule has 3 nitrogen and oxygen atoms in total. The maximum atomic E-state index is 6.02. The lowest BCUT2D eigenvalue weighted by Crippen LogP contribution is -2.59. The number of ether oxygens (including phenoxy) is 3. The zero-order valence-electron chi connectivity index (χ0n) is 10.4. The highest BCUT2D eigenvalue weighted by Crippen LogP contribution is 2.51. The van der Waals surface area contributed by atoms with Crippen LogP contribution in [0.25, 0.3) is 0 Å². The zero-order chi connectivity index (χ0) is 11.3. The van der Waals surface area contributed by atoms with E-state index in [2.05, 4.69) is 27.7 Å². The summed E-state index contributed by atoms with van der Waals surface area (Å²) in [5, 5.41) is 0. The molecule has 4 atom stereocenters. The summed E-state index contributed by atoms with van der Waals surface area (Å²) in [4.78, 5) is 0. The Labute approximate surface area is 92.1 Å². The summed E-state index contributed by atoms with van der Waals surface area (Å²) < 4.78 is 17.4. The minimum Gasteiger partial charge on any atom is -0.375 e. The van der Waals surface area contributed by atoms with Crippen molar-refractivity contribution in [2.45, 2.75) is 57.5 Å². The van der Waals surface area contributed by atoms with Crippen molar-refractivity contribution in [1.82, 2.24) is 0 Å². The summed E-state index contributed by atoms with van der Waals surface area (Å²) in [5.74, 6) is 0.526. The molecule has 88 valence electrons. The quantitative estimate of drug-likeness (QED) is 0.659. The Morgan fingerprint density at radius 2 is 2.00 bits per heavy atom. The van der Waals surface area contributed by atoms with Gasteiger partial charge in [0.25, 0.3) is 0 Å². The summed E-state index contributed by atoms with van der Waals surface area (Å²) >= 11 is 0. The maximum Gasteiger partial charge on any atom is 0.146 e. The second-order valence-electron chi connectivity index (χ2n) is 5.38. The highest BCUT2D eigenvalue weighted by molar-refractivity contribution is 5.15. The third kappa shape index (κ3) is 1.52. The van der Waals surface area contributed by atoms with Gasteiger partial charge in [0, 0.05) is 13.5 Å². The van der Waals surface area contributed by atoms with Crippen molar-refractivity contribution in [3.8, 4) is 0 Å². The molecule has 0 aromatic rings. The minimum atomic E-state index is -0.195. The van der Waals surface area contributed by atoms with Crippen LogP contribution in [0.1, 0.15) is 34.1 Å². The van der Waals surface area contributed by atoms with Crippen molar-refractivity contribution in [1.29, 1.82) is 0 Å². The van der Waals surface area contributed by atoms with E-state index >= 15 is 0 Å². The van der Waals surface area contributed by atoms with Gasteiger partial charge in [-0.25, -0.2) is 0 Å². The van der Waals surface area contributed by atoms with Gasteiger partial charge in [0.1, 0.15) is 11.2 Å². The van der Waals surface area contributed by atoms with E-state index in [1.807, 2.05) is 0 Å². The van der Waals surface area contributed by atoms with Gasteiger partial charge in [0.15, 0.2) is 0 Å². The maximum absolute atomic E-state index is 6.02. The summed E-state index contributed by atoms with van der Waals surface area (Å²) in [6.07, 6.45) is 1.33. The number of epoxide rings is 1. The van der Waals surface area contributed by atoms with Crippen LogP contribution in [0, 0.1) is 5.92 Å². The van der Waals surface area contributed by atoms with Crippen molar-refractivity contribution in [3.05, 3.63) is 0 Å². The highest BCUT2D eigenvalue weighted by Gasteiger charge is 2.67. The molecule has 0 unspecified atom stereocenters. The molecule has 15 heavy (non-hydrogen) atoms. The molecule has 0 aromatic carbocycles. The van der Waals surface area contributed by atoms with Crippen LogP contribution in [-0.4, -0.2) is 37.1 Å². The van der Waals surface area contributed by atoms with Crippen LogP contribution >= 0.6 is 0 Å². The lowest BCUT2D eigenvalue weighted by Gasteiger charge is -2.46. The normalized spacial score (nSPS) is 50.0. The van der Waals surface area contributed by atoms with Gasteiger partial charge in [-0.3, -0.25) is 0 Å². The van der Waals surface area contributed by atoms with Crippen LogP contribution in [-0.2, 0) is 14.2 Å². The molecule has 0 aliphatic carbocycles. The number of hydrogen-bond donors (Lipinski definition) is 0. The first-order valence-corrected chi connectivity index (χ1v) is 5.80. The second-order valence-corrected chi connectivity index (χ2v) is 5.38. The van der Waals surface area contributed by atoms with Crippen molar-refractivity contribution in [2.24, 2.45) is 5.92 Å². The van der Waals surface area contributed by atoms with E-state index in [-0.39, 0.29) is 23.4 Å². The van der Waals surface area contributed by atoms with Gasteiger partial charge in [-0.15, -0.1) is 0 Å². The van der Waals surface area contributed by atoms with E-state index < -0.39 is 0 Å². The molecule has 0 aromatic heterocycles. The van der Waals surface area contributed by atoms with Gasteiger partial charge < -0.3 is 14.2 Å². The highest BCUT2D eigenvalue weighted by atomic mass is 16.7. The van der Waals surface area contributed by atoms with Gasteiger partial charge in [0.2, 0.25) is 0 Å². The van der Waals surface area contributed by atoms with Crippen LogP contribution in [0.3, 0.4) is 0 Å². The molecule has 0 radical (unpaired) electrons. The first-order valence-electron chi connectivity index (χ1n) is 5.80. The predicted octanol–water partition coefficient (Wildman–Crippen LogP) is 1.99. The standard InChI is InChI=1S/C12H22O3/c1-8(2)10-6-11(4,13-5)12(7-14-12)9(3)15-10/h8-10H,6-7H2,1-5H3/t9-,10+,11+,12+/m0/s1. The fourth-order valence-corrected chi connectivity index (χ4v) is 2.67. The molecular weight excluding hydrogens is 192 g/mol. The average Bonchev–Trinajstić information content (AvgIpc) is 2.95. The summed E-state index contributed by atoms with van der Waals surface area (Å²) in [6.45, 7) is 9.40. The van der Waals surface area contributed by atoms with Crippen molar-refractivity contribution < 1.29 is 14.2 Å². The van der Waals surface area contributed by atoms with Crippen molar-refractivity contribution in [3.63, 3.8) is 0 Å². The Kier molecular flexibility index (Phi) is 2.61. The first-order chi connectivity index (χ1) is 6.95. The molecule has 2 saturated heterocycles. The molecule has 0 N–H and O–H groups in total. The monoisotopic (exact) mass is 214 g/mol. The van der Waals surface area contributed by atoms with E-state index in [4.69, 9.17) is 14.2 Å². The van der Waals surface area contributed by atoms with Crippen LogP contribution in [0.4, 0.5) is 0 Å². The molecule has 3 heteroatoms. The molecule has 0 amide bonds. The topological polar surface area (TPSA) is 31.0 Å². The largest absolute Gasteiger partial charge is 0.375 e. The molecular formula is C12H22O3. The molecule has 0 saturated carbocycles. The van der Waals surface area contributed by atoms with E-state index in [0.29, 0.717) is 5.92 Å². The third-order valence-corrected chi connectivity index (χ3v) is 4.17. The van der Waals surface area contributed by atoms with Gasteiger partial charge in [-0.2, -0.15) is 0 Å².